The van der Waals surface area contributed by atoms with Crippen molar-refractivity contribution in [1.29, 1.82) is 0 Å². The number of nitrogens with one attached hydrogen (secondary N) is 1. The molecule has 3 aromatic rings. The lowest BCUT2D eigenvalue weighted by Crippen LogP contribution is -2.37. The molecule has 3 rings (SSSR count). The summed E-state index contributed by atoms with van der Waals surface area (Å²) in [4.78, 5) is 15.5. The Balaban J connectivity index is 1.64. The molecule has 1 heterocycles. The third-order valence-electron chi connectivity index (χ3n) is 4.02. The molecule has 26 heavy (non-hydrogen) atoms. The zero-order valence-electron chi connectivity index (χ0n) is 14.6. The third kappa shape index (κ3) is 5.00. The van der Waals surface area contributed by atoms with E-state index in [9.17, 15) is 9.18 Å². The summed E-state index contributed by atoms with van der Waals surface area (Å²) in [6, 6.07) is 20.2. The van der Waals surface area contributed by atoms with Crippen molar-refractivity contribution >= 4 is 17.2 Å². The third-order valence-corrected chi connectivity index (χ3v) is 4.96. The Morgan fingerprint density at radius 1 is 1.12 bits per heavy atom. The summed E-state index contributed by atoms with van der Waals surface area (Å²) in [6.45, 7) is 0.755. The van der Waals surface area contributed by atoms with Gasteiger partial charge in [-0.25, -0.2) is 4.39 Å². The highest BCUT2D eigenvalue weighted by atomic mass is 32.1. The molecular formula is C21H21FN2OS. The largest absolute Gasteiger partial charge is 0.343 e. The van der Waals surface area contributed by atoms with E-state index in [4.69, 9.17) is 0 Å². The first-order valence-corrected chi connectivity index (χ1v) is 9.30. The van der Waals surface area contributed by atoms with Crippen LogP contribution in [0.15, 0.2) is 72.1 Å². The quantitative estimate of drug-likeness (QED) is 0.677. The van der Waals surface area contributed by atoms with Crippen LogP contribution in [0.5, 0.6) is 0 Å². The van der Waals surface area contributed by atoms with Crippen LogP contribution < -0.4 is 5.32 Å². The average Bonchev–Trinajstić information content (AvgIpc) is 3.14. The Kier molecular flexibility index (Phi) is 6.15. The fourth-order valence-electron chi connectivity index (χ4n) is 2.87. The summed E-state index contributed by atoms with van der Waals surface area (Å²) in [5.41, 5.74) is 1.90. The number of hydrogen-bond acceptors (Lipinski definition) is 3. The molecule has 1 aromatic heterocycles. The summed E-state index contributed by atoms with van der Waals surface area (Å²) in [5, 5.41) is 5.13. The Morgan fingerprint density at radius 3 is 2.62 bits per heavy atom. The molecule has 0 spiro atoms. The van der Waals surface area contributed by atoms with Crippen molar-refractivity contribution in [3.05, 3.63) is 93.9 Å². The van der Waals surface area contributed by atoms with Gasteiger partial charge in [-0.3, -0.25) is 9.69 Å². The Morgan fingerprint density at radius 2 is 1.92 bits per heavy atom. The van der Waals surface area contributed by atoms with Gasteiger partial charge in [0.15, 0.2) is 0 Å². The lowest BCUT2D eigenvalue weighted by atomic mass is 10.1. The Bertz CT molecular complexity index is 836. The maximum absolute atomic E-state index is 13.3. The van der Waals surface area contributed by atoms with E-state index in [1.807, 2.05) is 65.9 Å². The Hall–Kier alpha value is -2.50. The lowest BCUT2D eigenvalue weighted by Gasteiger charge is -2.21. The molecule has 0 aliphatic rings. The highest BCUT2D eigenvalue weighted by Gasteiger charge is 2.18. The van der Waals surface area contributed by atoms with E-state index in [2.05, 4.69) is 5.32 Å². The molecule has 0 unspecified atom stereocenters. The number of rotatable bonds is 7. The minimum Gasteiger partial charge on any atom is -0.343 e. The lowest BCUT2D eigenvalue weighted by molar-refractivity contribution is -0.122. The van der Waals surface area contributed by atoms with Gasteiger partial charge in [0.05, 0.1) is 12.6 Å². The van der Waals surface area contributed by atoms with E-state index in [0.29, 0.717) is 6.54 Å². The van der Waals surface area contributed by atoms with Crippen LogP contribution in [0.1, 0.15) is 22.0 Å². The van der Waals surface area contributed by atoms with E-state index in [1.165, 1.54) is 12.1 Å². The van der Waals surface area contributed by atoms with Gasteiger partial charge in [-0.05, 0) is 41.8 Å². The van der Waals surface area contributed by atoms with E-state index >= 15 is 0 Å². The zero-order valence-corrected chi connectivity index (χ0v) is 15.4. The molecular weight excluding hydrogens is 347 g/mol. The van der Waals surface area contributed by atoms with Gasteiger partial charge in [0.1, 0.15) is 5.82 Å². The van der Waals surface area contributed by atoms with Crippen molar-refractivity contribution in [2.75, 3.05) is 13.6 Å². The van der Waals surface area contributed by atoms with Gasteiger partial charge in [-0.15, -0.1) is 11.3 Å². The molecule has 1 N–H and O–H groups in total. The molecule has 0 bridgehead atoms. The topological polar surface area (TPSA) is 32.3 Å². The van der Waals surface area contributed by atoms with Crippen molar-refractivity contribution in [2.45, 2.75) is 12.6 Å². The van der Waals surface area contributed by atoms with Crippen molar-refractivity contribution in [3.8, 4) is 0 Å². The SMILES string of the molecule is CN(CC(=O)N[C@H](c1ccccc1)c1cccs1)Cc1cccc(F)c1. The molecule has 3 nitrogen and oxygen atoms in total. The van der Waals surface area contributed by atoms with E-state index in [1.54, 1.807) is 17.4 Å². The number of halogens is 1. The van der Waals surface area contributed by atoms with Crippen LogP contribution in [0, 0.1) is 5.82 Å². The molecule has 1 atom stereocenters. The molecule has 0 fully saturated rings. The fourth-order valence-corrected chi connectivity index (χ4v) is 3.68. The molecule has 2 aromatic carbocycles. The fraction of sp³-hybridized carbons (Fsp3) is 0.190. The van der Waals surface area contributed by atoms with Crippen molar-refractivity contribution in [3.63, 3.8) is 0 Å². The number of benzene rings is 2. The molecule has 0 aliphatic heterocycles. The number of hydrogen-bond donors (Lipinski definition) is 1. The molecule has 0 saturated carbocycles. The molecule has 134 valence electrons. The summed E-state index contributed by atoms with van der Waals surface area (Å²) in [6.07, 6.45) is 0. The van der Waals surface area contributed by atoms with Crippen LogP contribution >= 0.6 is 11.3 Å². The van der Waals surface area contributed by atoms with Gasteiger partial charge in [-0.2, -0.15) is 0 Å². The van der Waals surface area contributed by atoms with Gasteiger partial charge in [0.25, 0.3) is 0 Å². The smallest absolute Gasteiger partial charge is 0.234 e. The van der Waals surface area contributed by atoms with Gasteiger partial charge in [0.2, 0.25) is 5.91 Å². The maximum atomic E-state index is 13.3. The minimum atomic E-state index is -0.262. The number of nitrogens with zero attached hydrogens (tertiary/aromatic N) is 1. The van der Waals surface area contributed by atoms with Crippen LogP contribution in [0.25, 0.3) is 0 Å². The summed E-state index contributed by atoms with van der Waals surface area (Å²) < 4.78 is 13.3. The molecule has 0 radical (unpaired) electrons. The number of carbonyl (C=O) groups excluding carboxylic acids is 1. The second kappa shape index (κ2) is 8.74. The number of carbonyl (C=O) groups is 1. The number of amides is 1. The predicted molar refractivity (Wildman–Crippen MR) is 103 cm³/mol. The van der Waals surface area contributed by atoms with Gasteiger partial charge < -0.3 is 5.32 Å². The summed E-state index contributed by atoms with van der Waals surface area (Å²) >= 11 is 1.62. The molecule has 0 saturated heterocycles. The second-order valence-corrected chi connectivity index (χ2v) is 7.21. The first-order chi connectivity index (χ1) is 12.6. The van der Waals surface area contributed by atoms with Crippen molar-refractivity contribution < 1.29 is 9.18 Å². The zero-order chi connectivity index (χ0) is 18.4. The van der Waals surface area contributed by atoms with Crippen LogP contribution in [-0.4, -0.2) is 24.4 Å². The standard InChI is InChI=1S/C21H21FN2OS/c1-24(14-16-7-5-10-18(22)13-16)15-20(25)23-21(19-11-6-12-26-19)17-8-3-2-4-9-17/h2-13,21H,14-15H2,1H3,(H,23,25)/t21-/m1/s1. The van der Waals surface area contributed by atoms with Crippen LogP contribution in [0.3, 0.4) is 0 Å². The van der Waals surface area contributed by atoms with E-state index in [-0.39, 0.29) is 24.3 Å². The van der Waals surface area contributed by atoms with Gasteiger partial charge >= 0.3 is 0 Å². The van der Waals surface area contributed by atoms with Gasteiger partial charge in [0, 0.05) is 11.4 Å². The summed E-state index contributed by atoms with van der Waals surface area (Å²) in [5.74, 6) is -0.326. The van der Waals surface area contributed by atoms with E-state index in [0.717, 1.165) is 16.0 Å². The van der Waals surface area contributed by atoms with E-state index < -0.39 is 0 Å². The molecule has 1 amide bonds. The van der Waals surface area contributed by atoms with Crippen LogP contribution in [0.2, 0.25) is 0 Å². The first-order valence-electron chi connectivity index (χ1n) is 8.42. The molecule has 5 heteroatoms. The van der Waals surface area contributed by atoms with Crippen LogP contribution in [-0.2, 0) is 11.3 Å². The highest BCUT2D eigenvalue weighted by Crippen LogP contribution is 2.25. The summed E-state index contributed by atoms with van der Waals surface area (Å²) in [7, 11) is 1.85. The normalized spacial score (nSPS) is 12.1. The highest BCUT2D eigenvalue weighted by molar-refractivity contribution is 7.10. The van der Waals surface area contributed by atoms with Crippen molar-refractivity contribution in [2.24, 2.45) is 0 Å². The Labute approximate surface area is 157 Å². The first kappa shape index (κ1) is 18.3. The minimum absolute atomic E-state index is 0.0637. The second-order valence-electron chi connectivity index (χ2n) is 6.23. The average molecular weight is 368 g/mol. The van der Waals surface area contributed by atoms with Gasteiger partial charge in [-0.1, -0.05) is 48.5 Å². The van der Waals surface area contributed by atoms with Crippen molar-refractivity contribution in [1.82, 2.24) is 10.2 Å². The van der Waals surface area contributed by atoms with Crippen LogP contribution in [0.4, 0.5) is 4.39 Å². The number of likely N-dealkylation sites (N-methyl/N-ethyl adjacent to an activating group) is 1. The number of thiophene rings is 1. The predicted octanol–water partition coefficient (Wildman–Crippen LogP) is 4.22. The maximum Gasteiger partial charge on any atom is 0.234 e. The molecule has 0 aliphatic carbocycles. The monoisotopic (exact) mass is 368 g/mol.